The molecule has 2 heterocycles. The summed E-state index contributed by atoms with van der Waals surface area (Å²) in [5.74, 6) is 1.86. The van der Waals surface area contributed by atoms with Crippen molar-refractivity contribution in [3.05, 3.63) is 52.8 Å². The number of aromatic nitrogens is 2. The third kappa shape index (κ3) is 4.46. The minimum absolute atomic E-state index is 0.166. The van der Waals surface area contributed by atoms with E-state index in [1.54, 1.807) is 50.6 Å². The number of hydrogen-bond acceptors (Lipinski definition) is 7. The first-order valence-electron chi connectivity index (χ1n) is 9.74. The first kappa shape index (κ1) is 21.8. The van der Waals surface area contributed by atoms with E-state index in [0.29, 0.717) is 42.7 Å². The van der Waals surface area contributed by atoms with Crippen molar-refractivity contribution < 1.29 is 22.4 Å². The molecule has 3 aromatic rings. The van der Waals surface area contributed by atoms with Gasteiger partial charge in [0.05, 0.1) is 25.0 Å². The highest BCUT2D eigenvalue weighted by molar-refractivity contribution is 9.10. The minimum atomic E-state index is -3.59. The van der Waals surface area contributed by atoms with E-state index in [1.165, 1.54) is 4.31 Å². The van der Waals surface area contributed by atoms with Crippen LogP contribution in [0.2, 0.25) is 0 Å². The Morgan fingerprint density at radius 1 is 1.10 bits per heavy atom. The van der Waals surface area contributed by atoms with Crippen LogP contribution in [0.25, 0.3) is 11.4 Å². The van der Waals surface area contributed by atoms with Crippen molar-refractivity contribution in [2.75, 3.05) is 27.3 Å². The molecule has 0 spiro atoms. The summed E-state index contributed by atoms with van der Waals surface area (Å²) in [7, 11) is -0.458. The molecule has 1 aliphatic heterocycles. The lowest BCUT2D eigenvalue weighted by molar-refractivity contribution is 0.265. The van der Waals surface area contributed by atoms with Crippen molar-refractivity contribution >= 4 is 26.0 Å². The van der Waals surface area contributed by atoms with E-state index in [0.717, 1.165) is 16.5 Å². The fourth-order valence-electron chi connectivity index (χ4n) is 3.61. The Balaban J connectivity index is 1.55. The molecule has 0 N–H and O–H groups in total. The Kier molecular flexibility index (Phi) is 6.31. The van der Waals surface area contributed by atoms with Crippen LogP contribution in [0.3, 0.4) is 0 Å². The molecule has 0 bridgehead atoms. The zero-order valence-electron chi connectivity index (χ0n) is 17.1. The molecule has 10 heteroatoms. The molecule has 1 fully saturated rings. The van der Waals surface area contributed by atoms with Crippen molar-refractivity contribution in [1.29, 1.82) is 0 Å². The number of benzene rings is 2. The Labute approximate surface area is 189 Å². The first-order chi connectivity index (χ1) is 14.9. The lowest BCUT2D eigenvalue weighted by Gasteiger charge is -2.30. The highest BCUT2D eigenvalue weighted by Crippen LogP contribution is 2.33. The molecule has 8 nitrogen and oxygen atoms in total. The van der Waals surface area contributed by atoms with Crippen LogP contribution in [0.15, 0.2) is 56.4 Å². The molecule has 1 atom stereocenters. The third-order valence-electron chi connectivity index (χ3n) is 5.27. The topological polar surface area (TPSA) is 94.8 Å². The second-order valence-corrected chi connectivity index (χ2v) is 10.0. The maximum Gasteiger partial charge on any atom is 0.243 e. The van der Waals surface area contributed by atoms with E-state index in [9.17, 15) is 8.42 Å². The number of ether oxygens (including phenoxy) is 2. The van der Waals surface area contributed by atoms with E-state index in [-0.39, 0.29) is 10.8 Å². The number of rotatable bonds is 6. The molecular formula is C21H22BrN3O5S. The normalized spacial score (nSPS) is 17.5. The number of halogens is 1. The number of nitrogens with zero attached hydrogens (tertiary/aromatic N) is 3. The standard InChI is InChI=1S/C21H22BrN3O5S/c1-28-18-10-5-14(12-19(18)29-2)20-23-21(30-24-20)15-4-3-11-25(13-15)31(26,27)17-8-6-16(22)7-9-17/h5-10,12,15H,3-4,11,13H2,1-2H3/t15-/m1/s1. The molecule has 4 rings (SSSR count). The summed E-state index contributed by atoms with van der Waals surface area (Å²) >= 11 is 3.34. The summed E-state index contributed by atoms with van der Waals surface area (Å²) in [5.41, 5.74) is 0.725. The predicted octanol–water partition coefficient (Wildman–Crippen LogP) is 4.08. The van der Waals surface area contributed by atoms with Crippen molar-refractivity contribution in [1.82, 2.24) is 14.4 Å². The maximum atomic E-state index is 13.1. The molecular weight excluding hydrogens is 486 g/mol. The maximum absolute atomic E-state index is 13.1. The molecule has 0 radical (unpaired) electrons. The highest BCUT2D eigenvalue weighted by atomic mass is 79.9. The van der Waals surface area contributed by atoms with E-state index in [2.05, 4.69) is 26.1 Å². The predicted molar refractivity (Wildman–Crippen MR) is 118 cm³/mol. The average molecular weight is 508 g/mol. The molecule has 1 aliphatic rings. The van der Waals surface area contributed by atoms with Gasteiger partial charge in [-0.1, -0.05) is 21.1 Å². The zero-order valence-corrected chi connectivity index (χ0v) is 19.5. The zero-order chi connectivity index (χ0) is 22.0. The van der Waals surface area contributed by atoms with Gasteiger partial charge in [-0.05, 0) is 55.3 Å². The smallest absolute Gasteiger partial charge is 0.243 e. The quantitative estimate of drug-likeness (QED) is 0.495. The number of sulfonamides is 1. The molecule has 0 aliphatic carbocycles. The number of piperidine rings is 1. The van der Waals surface area contributed by atoms with Crippen molar-refractivity contribution in [2.45, 2.75) is 23.7 Å². The van der Waals surface area contributed by atoms with E-state index in [4.69, 9.17) is 14.0 Å². The molecule has 0 amide bonds. The monoisotopic (exact) mass is 507 g/mol. The van der Waals surface area contributed by atoms with Gasteiger partial charge in [0.1, 0.15) is 0 Å². The summed E-state index contributed by atoms with van der Waals surface area (Å²) < 4.78 is 44.5. The minimum Gasteiger partial charge on any atom is -0.493 e. The van der Waals surface area contributed by atoms with Crippen molar-refractivity contribution in [2.24, 2.45) is 0 Å². The van der Waals surface area contributed by atoms with Gasteiger partial charge < -0.3 is 14.0 Å². The summed E-state index contributed by atoms with van der Waals surface area (Å²) in [5, 5.41) is 4.09. The summed E-state index contributed by atoms with van der Waals surface area (Å²) in [4.78, 5) is 4.81. The van der Waals surface area contributed by atoms with E-state index < -0.39 is 10.0 Å². The fraction of sp³-hybridized carbons (Fsp3) is 0.333. The largest absolute Gasteiger partial charge is 0.493 e. The van der Waals surface area contributed by atoms with Gasteiger partial charge in [-0.25, -0.2) is 8.42 Å². The van der Waals surface area contributed by atoms with Crippen LogP contribution in [0.4, 0.5) is 0 Å². The molecule has 31 heavy (non-hydrogen) atoms. The van der Waals surface area contributed by atoms with E-state index >= 15 is 0 Å². The van der Waals surface area contributed by atoms with Crippen LogP contribution in [-0.2, 0) is 10.0 Å². The Hall–Kier alpha value is -2.43. The first-order valence-corrected chi connectivity index (χ1v) is 12.0. The van der Waals surface area contributed by atoms with Crippen LogP contribution in [0.1, 0.15) is 24.7 Å². The summed E-state index contributed by atoms with van der Waals surface area (Å²) in [6, 6.07) is 12.0. The van der Waals surface area contributed by atoms with Crippen LogP contribution >= 0.6 is 15.9 Å². The van der Waals surface area contributed by atoms with E-state index in [1.807, 2.05) is 6.07 Å². The van der Waals surface area contributed by atoms with Gasteiger partial charge in [-0.3, -0.25) is 0 Å². The molecule has 2 aromatic carbocycles. The fourth-order valence-corrected chi connectivity index (χ4v) is 5.40. The van der Waals surface area contributed by atoms with Crippen LogP contribution in [-0.4, -0.2) is 50.2 Å². The van der Waals surface area contributed by atoms with Gasteiger partial charge in [0, 0.05) is 23.1 Å². The molecule has 0 unspecified atom stereocenters. The van der Waals surface area contributed by atoms with Gasteiger partial charge in [0.25, 0.3) is 0 Å². The van der Waals surface area contributed by atoms with Crippen LogP contribution in [0, 0.1) is 0 Å². The molecule has 1 aromatic heterocycles. The number of hydrogen-bond donors (Lipinski definition) is 0. The summed E-state index contributed by atoms with van der Waals surface area (Å²) in [6.07, 6.45) is 1.49. The second kappa shape index (κ2) is 8.97. The molecule has 1 saturated heterocycles. The van der Waals surface area contributed by atoms with Crippen molar-refractivity contribution in [3.63, 3.8) is 0 Å². The van der Waals surface area contributed by atoms with Gasteiger partial charge in [-0.15, -0.1) is 0 Å². The third-order valence-corrected chi connectivity index (χ3v) is 7.68. The van der Waals surface area contributed by atoms with Gasteiger partial charge in [0.2, 0.25) is 21.7 Å². The van der Waals surface area contributed by atoms with Gasteiger partial charge in [-0.2, -0.15) is 9.29 Å². The lowest BCUT2D eigenvalue weighted by atomic mass is 10.00. The van der Waals surface area contributed by atoms with Crippen molar-refractivity contribution in [3.8, 4) is 22.9 Å². The van der Waals surface area contributed by atoms with Crippen LogP contribution in [0.5, 0.6) is 11.5 Å². The Morgan fingerprint density at radius 2 is 1.84 bits per heavy atom. The van der Waals surface area contributed by atoms with Gasteiger partial charge in [0.15, 0.2) is 11.5 Å². The Morgan fingerprint density at radius 3 is 2.55 bits per heavy atom. The highest BCUT2D eigenvalue weighted by Gasteiger charge is 2.33. The van der Waals surface area contributed by atoms with Gasteiger partial charge >= 0.3 is 0 Å². The molecule has 164 valence electrons. The number of methoxy groups -OCH3 is 2. The Bertz CT molecular complexity index is 1160. The SMILES string of the molecule is COc1ccc(-c2noc([C@@H]3CCCN(S(=O)(=O)c4ccc(Br)cc4)C3)n2)cc1OC. The lowest BCUT2D eigenvalue weighted by Crippen LogP contribution is -2.39. The average Bonchev–Trinajstić information content (AvgIpc) is 3.29. The summed E-state index contributed by atoms with van der Waals surface area (Å²) in [6.45, 7) is 0.761. The second-order valence-electron chi connectivity index (χ2n) is 7.18. The van der Waals surface area contributed by atoms with Crippen LogP contribution < -0.4 is 9.47 Å². The molecule has 0 saturated carbocycles.